The Kier molecular flexibility index (Phi) is 11.2. The summed E-state index contributed by atoms with van der Waals surface area (Å²) in [6, 6.07) is 11.1. The van der Waals surface area contributed by atoms with Crippen LogP contribution < -0.4 is 25.7 Å². The number of methoxy groups -OCH3 is 2. The van der Waals surface area contributed by atoms with Crippen LogP contribution in [0.25, 0.3) is 0 Å². The van der Waals surface area contributed by atoms with E-state index < -0.39 is 0 Å². The molecule has 0 atom stereocenters. The maximum atomic E-state index is 11.9. The molecule has 0 saturated heterocycles. The van der Waals surface area contributed by atoms with Gasteiger partial charge in [0.2, 0.25) is 0 Å². The number of nitrogens with one attached hydrogen (secondary N) is 2. The first-order valence-corrected chi connectivity index (χ1v) is 9.41. The highest BCUT2D eigenvalue weighted by molar-refractivity contribution is 14.0. The number of hydrogen-bond donors (Lipinski definition) is 2. The van der Waals surface area contributed by atoms with Gasteiger partial charge in [-0.1, -0.05) is 6.07 Å². The Labute approximate surface area is 189 Å². The van der Waals surface area contributed by atoms with Gasteiger partial charge in [-0.3, -0.25) is 9.79 Å². The molecule has 2 N–H and O–H groups in total. The normalized spacial score (nSPS) is 10.8. The van der Waals surface area contributed by atoms with Crippen LogP contribution in [0.4, 0.5) is 0 Å². The lowest BCUT2D eigenvalue weighted by atomic mass is 10.2. The minimum atomic E-state index is 0. The highest BCUT2D eigenvalue weighted by Crippen LogP contribution is 2.24. The number of halogens is 1. The fraction of sp³-hybridized carbons (Fsp3) is 0.429. The molecule has 1 aromatic carbocycles. The Balaban J connectivity index is 0.00000420. The molecular weight excluding hydrogens is 483 g/mol. The number of benzene rings is 1. The van der Waals surface area contributed by atoms with E-state index in [0.29, 0.717) is 6.54 Å². The smallest absolute Gasteiger partial charge is 0.250 e. The van der Waals surface area contributed by atoms with Crippen molar-refractivity contribution in [3.63, 3.8) is 0 Å². The van der Waals surface area contributed by atoms with E-state index in [1.165, 1.54) is 0 Å². The summed E-state index contributed by atoms with van der Waals surface area (Å²) in [4.78, 5) is 16.1. The molecule has 0 saturated carbocycles. The van der Waals surface area contributed by atoms with E-state index in [0.717, 1.165) is 54.6 Å². The van der Waals surface area contributed by atoms with Crippen molar-refractivity contribution in [2.45, 2.75) is 32.9 Å². The molecule has 160 valence electrons. The van der Waals surface area contributed by atoms with Gasteiger partial charge in [0, 0.05) is 50.1 Å². The van der Waals surface area contributed by atoms with E-state index >= 15 is 0 Å². The van der Waals surface area contributed by atoms with Crippen LogP contribution in [-0.4, -0.2) is 38.3 Å². The number of unbranched alkanes of at least 4 members (excludes halogenated alkanes) is 1. The summed E-state index contributed by atoms with van der Waals surface area (Å²) >= 11 is 0. The van der Waals surface area contributed by atoms with Crippen LogP contribution in [0.2, 0.25) is 0 Å². The zero-order valence-corrected chi connectivity index (χ0v) is 19.9. The zero-order chi connectivity index (χ0) is 20.4. The fourth-order valence-electron chi connectivity index (χ4n) is 2.91. The van der Waals surface area contributed by atoms with Crippen LogP contribution in [0.1, 0.15) is 24.1 Å². The van der Waals surface area contributed by atoms with Gasteiger partial charge in [-0.25, -0.2) is 0 Å². The lowest BCUT2D eigenvalue weighted by Gasteiger charge is -2.15. The van der Waals surface area contributed by atoms with Crippen molar-refractivity contribution < 1.29 is 9.47 Å². The maximum absolute atomic E-state index is 11.9. The van der Waals surface area contributed by atoms with Crippen molar-refractivity contribution in [2.24, 2.45) is 4.99 Å². The van der Waals surface area contributed by atoms with Crippen molar-refractivity contribution in [1.29, 1.82) is 0 Å². The average molecular weight is 514 g/mol. The summed E-state index contributed by atoms with van der Waals surface area (Å²) in [6.45, 7) is 4.05. The number of nitrogens with zero attached hydrogens (tertiary/aromatic N) is 2. The number of hydrogen-bond acceptors (Lipinski definition) is 4. The molecule has 0 unspecified atom stereocenters. The summed E-state index contributed by atoms with van der Waals surface area (Å²) in [5, 5.41) is 6.59. The van der Waals surface area contributed by atoms with Gasteiger partial charge >= 0.3 is 0 Å². The van der Waals surface area contributed by atoms with Gasteiger partial charge in [-0.2, -0.15) is 0 Å². The number of rotatable bonds is 9. The van der Waals surface area contributed by atoms with Gasteiger partial charge in [0.05, 0.1) is 14.2 Å². The second-order valence-electron chi connectivity index (χ2n) is 6.39. The number of pyridine rings is 1. The highest BCUT2D eigenvalue weighted by Gasteiger charge is 2.06. The number of aliphatic imine (C=N–C) groups is 1. The molecule has 7 nitrogen and oxygen atoms in total. The van der Waals surface area contributed by atoms with Crippen molar-refractivity contribution >= 4 is 29.9 Å². The quantitative estimate of drug-likeness (QED) is 0.233. The van der Waals surface area contributed by atoms with Crippen LogP contribution in [0, 0.1) is 6.92 Å². The third kappa shape index (κ3) is 7.60. The Morgan fingerprint density at radius 2 is 1.90 bits per heavy atom. The molecule has 0 bridgehead atoms. The molecule has 0 aliphatic carbocycles. The van der Waals surface area contributed by atoms with Gasteiger partial charge in [-0.05, 0) is 38.0 Å². The minimum Gasteiger partial charge on any atom is -0.497 e. The van der Waals surface area contributed by atoms with Crippen LogP contribution in [0.3, 0.4) is 0 Å². The van der Waals surface area contributed by atoms with E-state index in [2.05, 4.69) is 15.6 Å². The van der Waals surface area contributed by atoms with Gasteiger partial charge in [0.1, 0.15) is 11.5 Å². The Hall–Kier alpha value is -2.23. The average Bonchev–Trinajstić information content (AvgIpc) is 2.71. The first-order chi connectivity index (χ1) is 13.6. The second-order valence-corrected chi connectivity index (χ2v) is 6.39. The monoisotopic (exact) mass is 514 g/mol. The van der Waals surface area contributed by atoms with Crippen molar-refractivity contribution in [3.05, 3.63) is 58.0 Å². The second kappa shape index (κ2) is 13.1. The fourth-order valence-corrected chi connectivity index (χ4v) is 2.91. The minimum absolute atomic E-state index is 0. The molecule has 0 aliphatic rings. The first kappa shape index (κ1) is 24.8. The predicted molar refractivity (Wildman–Crippen MR) is 128 cm³/mol. The Morgan fingerprint density at radius 3 is 2.55 bits per heavy atom. The standard InChI is InChI=1S/C21H30N4O3.HI/c1-16-8-7-9-20(26)25(16)13-6-5-12-23-21(22-2)24-15-17-10-11-18(27-3)14-19(17)28-4;/h7-11,14H,5-6,12-13,15H2,1-4H3,(H2,22,23,24);1H. The molecule has 2 aromatic rings. The van der Waals surface area contributed by atoms with Gasteiger partial charge in [0.25, 0.3) is 5.56 Å². The highest BCUT2D eigenvalue weighted by atomic mass is 127. The SMILES string of the molecule is CN=C(NCCCCn1c(C)cccc1=O)NCc1ccc(OC)cc1OC.I. The van der Waals surface area contributed by atoms with E-state index in [1.54, 1.807) is 33.4 Å². The summed E-state index contributed by atoms with van der Waals surface area (Å²) in [5.74, 6) is 2.26. The van der Waals surface area contributed by atoms with Crippen LogP contribution in [0.5, 0.6) is 11.5 Å². The predicted octanol–water partition coefficient (Wildman–Crippen LogP) is 2.94. The Morgan fingerprint density at radius 1 is 1.10 bits per heavy atom. The van der Waals surface area contributed by atoms with Crippen molar-refractivity contribution in [3.8, 4) is 11.5 Å². The largest absolute Gasteiger partial charge is 0.497 e. The molecule has 8 heteroatoms. The summed E-state index contributed by atoms with van der Waals surface area (Å²) in [7, 11) is 5.02. The number of aryl methyl sites for hydroxylation is 1. The Bertz CT molecular complexity index is 852. The lowest BCUT2D eigenvalue weighted by molar-refractivity contribution is 0.390. The first-order valence-electron chi connectivity index (χ1n) is 9.41. The molecule has 1 aromatic heterocycles. The van der Waals surface area contributed by atoms with Gasteiger partial charge < -0.3 is 24.7 Å². The molecule has 29 heavy (non-hydrogen) atoms. The molecular formula is C21H31IN4O3. The molecule has 2 rings (SSSR count). The zero-order valence-electron chi connectivity index (χ0n) is 17.5. The lowest BCUT2D eigenvalue weighted by Crippen LogP contribution is -2.37. The van der Waals surface area contributed by atoms with Crippen LogP contribution in [-0.2, 0) is 13.1 Å². The molecule has 0 radical (unpaired) electrons. The van der Waals surface area contributed by atoms with Crippen LogP contribution >= 0.6 is 24.0 Å². The van der Waals surface area contributed by atoms with Gasteiger partial charge in [0.15, 0.2) is 5.96 Å². The summed E-state index contributed by atoms with van der Waals surface area (Å²) in [6.07, 6.45) is 1.86. The van der Waals surface area contributed by atoms with Crippen molar-refractivity contribution in [1.82, 2.24) is 15.2 Å². The summed E-state index contributed by atoms with van der Waals surface area (Å²) < 4.78 is 12.5. The number of aromatic nitrogens is 1. The van der Waals surface area contributed by atoms with Crippen LogP contribution in [0.15, 0.2) is 46.2 Å². The summed E-state index contributed by atoms with van der Waals surface area (Å²) in [5.41, 5.74) is 2.07. The van der Waals surface area contributed by atoms with E-state index in [1.807, 2.05) is 35.8 Å². The maximum Gasteiger partial charge on any atom is 0.250 e. The third-order valence-corrected chi connectivity index (χ3v) is 4.53. The number of guanidine groups is 1. The molecule has 0 aliphatic heterocycles. The molecule has 0 amide bonds. The van der Waals surface area contributed by atoms with Crippen molar-refractivity contribution in [2.75, 3.05) is 27.8 Å². The van der Waals surface area contributed by atoms with E-state index in [9.17, 15) is 4.79 Å². The van der Waals surface area contributed by atoms with Gasteiger partial charge in [-0.15, -0.1) is 24.0 Å². The molecule has 0 fully saturated rings. The van der Waals surface area contributed by atoms with E-state index in [4.69, 9.17) is 9.47 Å². The topological polar surface area (TPSA) is 76.9 Å². The molecule has 1 heterocycles. The molecule has 0 spiro atoms. The third-order valence-electron chi connectivity index (χ3n) is 4.53. The van der Waals surface area contributed by atoms with E-state index in [-0.39, 0.29) is 29.5 Å². The number of ether oxygens (including phenoxy) is 2.